The van der Waals surface area contributed by atoms with E-state index >= 15 is 4.39 Å². The summed E-state index contributed by atoms with van der Waals surface area (Å²) in [5.74, 6) is -0.727. The standard InChI is InChI=1S/C31H31ClF4N4O3/c1-29(2,3)43-28(41)39-22-15-24(26-19(32)7-6-8-25(26)42-31(34,35)36)40-23-13-18(20(33)14-21(23)38-27(22)40)16-9-11-17(12-10-16)30(4,5)37/h6-14,22,24H,15,37H2,1-5H3,(H,39,41)/t22-,24+/m1/s1. The van der Waals surface area contributed by atoms with Gasteiger partial charge < -0.3 is 25.1 Å². The Labute approximate surface area is 250 Å². The first kappa shape index (κ1) is 30.6. The molecular formula is C31H31ClF4N4O3. The first-order chi connectivity index (χ1) is 19.9. The molecule has 228 valence electrons. The summed E-state index contributed by atoms with van der Waals surface area (Å²) in [5.41, 5.74) is 7.22. The van der Waals surface area contributed by atoms with Gasteiger partial charge in [0, 0.05) is 34.2 Å². The van der Waals surface area contributed by atoms with Gasteiger partial charge >= 0.3 is 12.5 Å². The lowest BCUT2D eigenvalue weighted by Gasteiger charge is -2.22. The highest BCUT2D eigenvalue weighted by Gasteiger charge is 2.41. The van der Waals surface area contributed by atoms with E-state index in [0.29, 0.717) is 16.9 Å². The summed E-state index contributed by atoms with van der Waals surface area (Å²) in [4.78, 5) is 17.4. The Morgan fingerprint density at radius 2 is 1.74 bits per heavy atom. The predicted molar refractivity (Wildman–Crippen MR) is 155 cm³/mol. The van der Waals surface area contributed by atoms with Crippen LogP contribution in [-0.2, 0) is 10.3 Å². The number of halogens is 5. The molecular weight excluding hydrogens is 588 g/mol. The van der Waals surface area contributed by atoms with Crippen molar-refractivity contribution >= 4 is 28.7 Å². The molecule has 0 unspecified atom stereocenters. The highest BCUT2D eigenvalue weighted by molar-refractivity contribution is 6.31. The number of imidazole rings is 1. The summed E-state index contributed by atoms with van der Waals surface area (Å²) in [5, 5.41) is 2.79. The number of nitrogens with two attached hydrogens (primary N) is 1. The van der Waals surface area contributed by atoms with E-state index in [9.17, 15) is 18.0 Å². The van der Waals surface area contributed by atoms with Crippen LogP contribution in [0.2, 0.25) is 5.02 Å². The summed E-state index contributed by atoms with van der Waals surface area (Å²) >= 11 is 6.50. The fourth-order valence-corrected chi connectivity index (χ4v) is 5.61. The van der Waals surface area contributed by atoms with Gasteiger partial charge in [0.25, 0.3) is 0 Å². The molecule has 1 amide bonds. The second kappa shape index (κ2) is 10.7. The molecule has 3 N–H and O–H groups in total. The summed E-state index contributed by atoms with van der Waals surface area (Å²) in [6.07, 6.45) is -5.63. The van der Waals surface area contributed by atoms with Crippen LogP contribution in [0.25, 0.3) is 22.2 Å². The number of carbonyl (C=O) groups is 1. The van der Waals surface area contributed by atoms with Crippen molar-refractivity contribution in [3.05, 3.63) is 82.4 Å². The molecule has 3 aromatic carbocycles. The minimum atomic E-state index is -4.98. The van der Waals surface area contributed by atoms with E-state index in [4.69, 9.17) is 22.1 Å². The van der Waals surface area contributed by atoms with E-state index in [1.165, 1.54) is 24.3 Å². The minimum absolute atomic E-state index is 0.0276. The van der Waals surface area contributed by atoms with Crippen LogP contribution in [-0.4, -0.2) is 27.6 Å². The van der Waals surface area contributed by atoms with E-state index < -0.39 is 47.2 Å². The van der Waals surface area contributed by atoms with Crippen molar-refractivity contribution in [3.8, 4) is 16.9 Å². The second-order valence-corrected chi connectivity index (χ2v) is 12.5. The molecule has 0 saturated heterocycles. The van der Waals surface area contributed by atoms with Crippen molar-refractivity contribution in [2.24, 2.45) is 5.73 Å². The number of amides is 1. The minimum Gasteiger partial charge on any atom is -0.444 e. The van der Waals surface area contributed by atoms with Crippen LogP contribution in [0, 0.1) is 5.82 Å². The van der Waals surface area contributed by atoms with E-state index in [2.05, 4.69) is 15.0 Å². The molecule has 43 heavy (non-hydrogen) atoms. The zero-order valence-electron chi connectivity index (χ0n) is 24.1. The third kappa shape index (κ3) is 6.42. The number of hydrogen-bond acceptors (Lipinski definition) is 5. The van der Waals surface area contributed by atoms with Crippen LogP contribution >= 0.6 is 11.6 Å². The van der Waals surface area contributed by atoms with Crippen LogP contribution < -0.4 is 15.8 Å². The Hall–Kier alpha value is -3.83. The maximum Gasteiger partial charge on any atom is 0.573 e. The molecule has 12 heteroatoms. The molecule has 4 aromatic rings. The van der Waals surface area contributed by atoms with Crippen LogP contribution in [0.3, 0.4) is 0 Å². The number of alkyl carbamates (subject to hydrolysis) is 1. The molecule has 2 atom stereocenters. The Kier molecular flexibility index (Phi) is 7.63. The van der Waals surface area contributed by atoms with Gasteiger partial charge in [-0.25, -0.2) is 14.2 Å². The molecule has 0 radical (unpaired) electrons. The van der Waals surface area contributed by atoms with Crippen molar-refractivity contribution in [2.75, 3.05) is 0 Å². The van der Waals surface area contributed by atoms with Crippen LogP contribution in [0.1, 0.15) is 70.1 Å². The van der Waals surface area contributed by atoms with E-state index in [0.717, 1.165) is 5.56 Å². The number of alkyl halides is 3. The van der Waals surface area contributed by atoms with Gasteiger partial charge in [-0.3, -0.25) is 0 Å². The Morgan fingerprint density at radius 3 is 2.35 bits per heavy atom. The van der Waals surface area contributed by atoms with Crippen molar-refractivity contribution < 1.29 is 31.8 Å². The Bertz CT molecular complexity index is 1690. The number of benzene rings is 3. The predicted octanol–water partition coefficient (Wildman–Crippen LogP) is 8.15. The van der Waals surface area contributed by atoms with Gasteiger partial charge in [-0.05, 0) is 63.9 Å². The van der Waals surface area contributed by atoms with E-state index in [1.54, 1.807) is 43.5 Å². The lowest BCUT2D eigenvalue weighted by molar-refractivity contribution is -0.275. The van der Waals surface area contributed by atoms with Crippen LogP contribution in [0.15, 0.2) is 54.6 Å². The lowest BCUT2D eigenvalue weighted by atomic mass is 9.93. The molecule has 1 aliphatic heterocycles. The maximum absolute atomic E-state index is 15.5. The van der Waals surface area contributed by atoms with Crippen molar-refractivity contribution in [1.29, 1.82) is 0 Å². The SMILES string of the molecule is CC(C)(C)OC(=O)N[C@@H]1C[C@@H](c2c(Cl)cccc2OC(F)(F)F)n2c1nc1cc(F)c(-c3ccc(C(C)(C)N)cc3)cc12. The van der Waals surface area contributed by atoms with Crippen LogP contribution in [0.5, 0.6) is 5.75 Å². The summed E-state index contributed by atoms with van der Waals surface area (Å²) < 4.78 is 67.2. The number of nitrogens with one attached hydrogen (secondary N) is 1. The molecule has 0 saturated carbocycles. The Morgan fingerprint density at radius 1 is 1.07 bits per heavy atom. The fourth-order valence-electron chi connectivity index (χ4n) is 5.32. The number of nitrogens with zero attached hydrogens (tertiary/aromatic N) is 2. The van der Waals surface area contributed by atoms with Gasteiger partial charge in [0.15, 0.2) is 0 Å². The van der Waals surface area contributed by atoms with E-state index in [-0.39, 0.29) is 28.1 Å². The molecule has 0 fully saturated rings. The van der Waals surface area contributed by atoms with Gasteiger partial charge in [-0.2, -0.15) is 0 Å². The average Bonchev–Trinajstić information content (AvgIpc) is 3.38. The highest BCUT2D eigenvalue weighted by Crippen LogP contribution is 2.47. The average molecular weight is 619 g/mol. The Balaban J connectivity index is 1.67. The summed E-state index contributed by atoms with van der Waals surface area (Å²) in [6, 6.07) is 12.3. The lowest BCUT2D eigenvalue weighted by Crippen LogP contribution is -2.34. The van der Waals surface area contributed by atoms with E-state index in [1.807, 2.05) is 26.0 Å². The molecule has 1 aromatic heterocycles. The number of fused-ring (bicyclic) bond motifs is 3. The van der Waals surface area contributed by atoms with Gasteiger partial charge in [0.1, 0.15) is 23.0 Å². The third-order valence-corrected chi connectivity index (χ3v) is 7.42. The van der Waals surface area contributed by atoms with Gasteiger partial charge in [0.05, 0.1) is 23.1 Å². The fraction of sp³-hybridized carbons (Fsp3) is 0.355. The van der Waals surface area contributed by atoms with Crippen molar-refractivity contribution in [2.45, 2.75) is 70.6 Å². The molecule has 0 aliphatic carbocycles. The van der Waals surface area contributed by atoms with Gasteiger partial charge in [-0.1, -0.05) is 41.9 Å². The zero-order valence-corrected chi connectivity index (χ0v) is 24.9. The number of carbonyl (C=O) groups excluding carboxylic acids is 1. The monoisotopic (exact) mass is 618 g/mol. The number of aromatic nitrogens is 2. The van der Waals surface area contributed by atoms with Gasteiger partial charge in [0.2, 0.25) is 0 Å². The normalized spacial score (nSPS) is 17.2. The first-order valence-corrected chi connectivity index (χ1v) is 13.9. The number of ether oxygens (including phenoxy) is 2. The topological polar surface area (TPSA) is 91.4 Å². The smallest absolute Gasteiger partial charge is 0.444 e. The van der Waals surface area contributed by atoms with Crippen LogP contribution in [0.4, 0.5) is 22.4 Å². The van der Waals surface area contributed by atoms with Crippen molar-refractivity contribution in [3.63, 3.8) is 0 Å². The van der Waals surface area contributed by atoms with Crippen molar-refractivity contribution in [1.82, 2.24) is 14.9 Å². The van der Waals surface area contributed by atoms with Gasteiger partial charge in [-0.15, -0.1) is 13.2 Å². The molecule has 7 nitrogen and oxygen atoms in total. The molecule has 2 heterocycles. The molecule has 1 aliphatic rings. The molecule has 5 rings (SSSR count). The summed E-state index contributed by atoms with van der Waals surface area (Å²) in [6.45, 7) is 8.83. The number of rotatable bonds is 5. The summed E-state index contributed by atoms with van der Waals surface area (Å²) in [7, 11) is 0. The largest absolute Gasteiger partial charge is 0.573 e. The first-order valence-electron chi connectivity index (χ1n) is 13.6. The number of hydrogen-bond donors (Lipinski definition) is 2. The quantitative estimate of drug-likeness (QED) is 0.220. The zero-order chi connectivity index (χ0) is 31.5. The molecule has 0 bridgehead atoms. The maximum atomic E-state index is 15.5. The third-order valence-electron chi connectivity index (χ3n) is 7.09. The second-order valence-electron chi connectivity index (χ2n) is 12.1. The molecule has 0 spiro atoms. The highest BCUT2D eigenvalue weighted by atomic mass is 35.5.